The highest BCUT2D eigenvalue weighted by molar-refractivity contribution is 7.89. The van der Waals surface area contributed by atoms with Gasteiger partial charge < -0.3 is 0 Å². The van der Waals surface area contributed by atoms with Gasteiger partial charge in [-0.3, -0.25) is 0 Å². The van der Waals surface area contributed by atoms with Crippen molar-refractivity contribution >= 4 is 21.6 Å². The Morgan fingerprint density at radius 1 is 1.24 bits per heavy atom. The van der Waals surface area contributed by atoms with Gasteiger partial charge in [0.05, 0.1) is 4.90 Å². The van der Waals surface area contributed by atoms with Crippen LogP contribution in [0.4, 0.5) is 0 Å². The van der Waals surface area contributed by atoms with Crippen molar-refractivity contribution in [2.75, 3.05) is 0 Å². The summed E-state index contributed by atoms with van der Waals surface area (Å²) in [6, 6.07) is 12.6. The van der Waals surface area contributed by atoms with Crippen LogP contribution >= 0.6 is 11.6 Å². The molecule has 0 aliphatic heterocycles. The van der Waals surface area contributed by atoms with Crippen molar-refractivity contribution in [1.82, 2.24) is 9.71 Å². The number of nitrogens with zero attached hydrogens (tertiary/aromatic N) is 1. The van der Waals surface area contributed by atoms with Crippen LogP contribution in [0.2, 0.25) is 5.15 Å². The molecule has 0 amide bonds. The van der Waals surface area contributed by atoms with Gasteiger partial charge in [-0.2, -0.15) is 0 Å². The molecule has 0 aliphatic rings. The van der Waals surface area contributed by atoms with Gasteiger partial charge in [0.15, 0.2) is 0 Å². The molecule has 0 saturated heterocycles. The Labute approximate surface area is 130 Å². The minimum Gasteiger partial charge on any atom is -0.244 e. The number of hydrogen-bond acceptors (Lipinski definition) is 3. The van der Waals surface area contributed by atoms with E-state index in [0.717, 1.165) is 12.8 Å². The van der Waals surface area contributed by atoms with Crippen molar-refractivity contribution in [3.05, 3.63) is 59.4 Å². The summed E-state index contributed by atoms with van der Waals surface area (Å²) in [6.07, 6.45) is 2.93. The first-order valence-electron chi connectivity index (χ1n) is 6.65. The van der Waals surface area contributed by atoms with E-state index in [0.29, 0.717) is 0 Å². The minimum absolute atomic E-state index is 0.133. The predicted octanol–water partition coefficient (Wildman–Crippen LogP) is 3.03. The van der Waals surface area contributed by atoms with Crippen molar-refractivity contribution in [2.45, 2.75) is 30.7 Å². The van der Waals surface area contributed by atoms with Crippen LogP contribution in [-0.4, -0.2) is 19.4 Å². The Morgan fingerprint density at radius 2 is 1.95 bits per heavy atom. The minimum atomic E-state index is -3.56. The third-order valence-electron chi connectivity index (χ3n) is 3.07. The fourth-order valence-electron chi connectivity index (χ4n) is 1.97. The Kier molecular flexibility index (Phi) is 5.33. The molecule has 4 nitrogen and oxygen atoms in total. The van der Waals surface area contributed by atoms with Crippen LogP contribution in [0.15, 0.2) is 53.6 Å². The Hall–Kier alpha value is -1.43. The molecule has 1 unspecified atom stereocenters. The van der Waals surface area contributed by atoms with E-state index in [-0.39, 0.29) is 16.1 Å². The Morgan fingerprint density at radius 3 is 2.62 bits per heavy atom. The fraction of sp³-hybridized carbons (Fsp3) is 0.267. The molecule has 1 aromatic carbocycles. The van der Waals surface area contributed by atoms with Gasteiger partial charge in [-0.15, -0.1) is 0 Å². The van der Waals surface area contributed by atoms with Crippen LogP contribution in [0.1, 0.15) is 18.9 Å². The summed E-state index contributed by atoms with van der Waals surface area (Å²) in [4.78, 5) is 3.92. The molecule has 0 aliphatic carbocycles. The zero-order chi connectivity index (χ0) is 15.3. The average molecular weight is 325 g/mol. The summed E-state index contributed by atoms with van der Waals surface area (Å²) < 4.78 is 27.1. The number of pyridine rings is 1. The lowest BCUT2D eigenvalue weighted by atomic mass is 10.1. The maximum atomic E-state index is 12.2. The molecule has 2 rings (SSSR count). The molecular formula is C15H17ClN2O2S. The molecule has 0 saturated carbocycles. The van der Waals surface area contributed by atoms with E-state index in [1.807, 2.05) is 37.3 Å². The van der Waals surface area contributed by atoms with Gasteiger partial charge in [0, 0.05) is 12.2 Å². The summed E-state index contributed by atoms with van der Waals surface area (Å²) in [5.74, 6) is 0. The highest BCUT2D eigenvalue weighted by Crippen LogP contribution is 2.14. The van der Waals surface area contributed by atoms with Gasteiger partial charge in [-0.05, 0) is 37.5 Å². The smallest absolute Gasteiger partial charge is 0.240 e. The molecule has 2 aromatic rings. The van der Waals surface area contributed by atoms with Gasteiger partial charge in [0.1, 0.15) is 5.15 Å². The van der Waals surface area contributed by atoms with Gasteiger partial charge in [-0.25, -0.2) is 18.1 Å². The molecule has 0 fully saturated rings. The first-order chi connectivity index (χ1) is 9.97. The third-order valence-corrected chi connectivity index (χ3v) is 4.87. The van der Waals surface area contributed by atoms with Crippen LogP contribution in [0.25, 0.3) is 0 Å². The van der Waals surface area contributed by atoms with E-state index in [1.165, 1.54) is 23.9 Å². The van der Waals surface area contributed by atoms with Crippen molar-refractivity contribution in [2.24, 2.45) is 0 Å². The summed E-state index contributed by atoms with van der Waals surface area (Å²) >= 11 is 5.73. The summed E-state index contributed by atoms with van der Waals surface area (Å²) in [7, 11) is -3.56. The summed E-state index contributed by atoms with van der Waals surface area (Å²) in [6.45, 7) is 1.85. The van der Waals surface area contributed by atoms with E-state index in [9.17, 15) is 8.42 Å². The first-order valence-corrected chi connectivity index (χ1v) is 8.51. The molecule has 0 spiro atoms. The molecule has 21 heavy (non-hydrogen) atoms. The zero-order valence-electron chi connectivity index (χ0n) is 11.7. The SMILES string of the molecule is CC(CCc1ccccc1)NS(=O)(=O)c1ccnc(Cl)c1. The standard InChI is InChI=1S/C15H17ClN2O2S/c1-12(7-8-13-5-3-2-4-6-13)18-21(19,20)14-9-10-17-15(16)11-14/h2-6,9-12,18H,7-8H2,1H3. The van der Waals surface area contributed by atoms with Gasteiger partial charge in [0.2, 0.25) is 10.0 Å². The van der Waals surface area contributed by atoms with Crippen molar-refractivity contribution in [1.29, 1.82) is 0 Å². The lowest BCUT2D eigenvalue weighted by molar-refractivity contribution is 0.547. The van der Waals surface area contributed by atoms with E-state index >= 15 is 0 Å². The number of aryl methyl sites for hydroxylation is 1. The van der Waals surface area contributed by atoms with Crippen molar-refractivity contribution in [3.63, 3.8) is 0 Å². The van der Waals surface area contributed by atoms with Crippen LogP contribution in [-0.2, 0) is 16.4 Å². The third kappa shape index (κ3) is 4.81. The lowest BCUT2D eigenvalue weighted by Crippen LogP contribution is -2.33. The van der Waals surface area contributed by atoms with E-state index in [1.54, 1.807) is 0 Å². The predicted molar refractivity (Wildman–Crippen MR) is 83.8 cm³/mol. The first kappa shape index (κ1) is 15.9. The quantitative estimate of drug-likeness (QED) is 0.831. The van der Waals surface area contributed by atoms with E-state index in [4.69, 9.17) is 11.6 Å². The van der Waals surface area contributed by atoms with E-state index < -0.39 is 10.0 Å². The zero-order valence-corrected chi connectivity index (χ0v) is 13.2. The number of aromatic nitrogens is 1. The second-order valence-corrected chi connectivity index (χ2v) is 6.96. The van der Waals surface area contributed by atoms with Crippen LogP contribution in [0.3, 0.4) is 0 Å². The number of rotatable bonds is 6. The second-order valence-electron chi connectivity index (χ2n) is 4.86. The molecule has 112 valence electrons. The number of halogens is 1. The summed E-state index contributed by atoms with van der Waals surface area (Å²) in [5.41, 5.74) is 1.19. The van der Waals surface area contributed by atoms with Gasteiger partial charge in [0.25, 0.3) is 0 Å². The maximum Gasteiger partial charge on any atom is 0.240 e. The van der Waals surface area contributed by atoms with Gasteiger partial charge >= 0.3 is 0 Å². The average Bonchev–Trinajstić information content (AvgIpc) is 2.46. The Bertz CT molecular complexity index is 690. The fourth-order valence-corrected chi connectivity index (χ4v) is 3.50. The largest absolute Gasteiger partial charge is 0.244 e. The molecule has 1 N–H and O–H groups in total. The molecule has 0 radical (unpaired) electrons. The van der Waals surface area contributed by atoms with Crippen LogP contribution in [0, 0.1) is 0 Å². The number of benzene rings is 1. The lowest BCUT2D eigenvalue weighted by Gasteiger charge is -2.14. The Balaban J connectivity index is 1.97. The number of nitrogens with one attached hydrogen (secondary N) is 1. The van der Waals surface area contributed by atoms with Crippen molar-refractivity contribution in [3.8, 4) is 0 Å². The van der Waals surface area contributed by atoms with Gasteiger partial charge in [-0.1, -0.05) is 41.9 Å². The topological polar surface area (TPSA) is 59.1 Å². The molecule has 1 atom stereocenters. The van der Waals surface area contributed by atoms with E-state index in [2.05, 4.69) is 9.71 Å². The number of sulfonamides is 1. The molecule has 0 bridgehead atoms. The van der Waals surface area contributed by atoms with Crippen LogP contribution in [0.5, 0.6) is 0 Å². The summed E-state index contributed by atoms with van der Waals surface area (Å²) in [5, 5.41) is 0.162. The monoisotopic (exact) mass is 324 g/mol. The molecular weight excluding hydrogens is 308 g/mol. The molecule has 6 heteroatoms. The van der Waals surface area contributed by atoms with Crippen molar-refractivity contribution < 1.29 is 8.42 Å². The molecule has 1 aromatic heterocycles. The number of hydrogen-bond donors (Lipinski definition) is 1. The highest BCUT2D eigenvalue weighted by Gasteiger charge is 2.17. The normalized spacial score (nSPS) is 13.0. The maximum absolute atomic E-state index is 12.2. The van der Waals surface area contributed by atoms with Crippen LogP contribution < -0.4 is 4.72 Å². The molecule has 1 heterocycles. The second kappa shape index (κ2) is 7.02. The highest BCUT2D eigenvalue weighted by atomic mass is 35.5.